The minimum Gasteiger partial charge on any atom is -0.354 e. The van der Waals surface area contributed by atoms with Crippen LogP contribution in [0, 0.1) is 5.92 Å². The second-order valence-corrected chi connectivity index (χ2v) is 8.00. The molecule has 1 aromatic heterocycles. The van der Waals surface area contributed by atoms with Crippen LogP contribution in [0.15, 0.2) is 47.8 Å². The molecular weight excluding hydrogens is 328 g/mol. The zero-order valence-corrected chi connectivity index (χ0v) is 15.8. The predicted octanol–water partition coefficient (Wildman–Crippen LogP) is 3.75. The van der Waals surface area contributed by atoms with Gasteiger partial charge in [0.25, 0.3) is 0 Å². The van der Waals surface area contributed by atoms with E-state index in [1.807, 2.05) is 6.92 Å². The molecule has 25 heavy (non-hydrogen) atoms. The highest BCUT2D eigenvalue weighted by atomic mass is 32.1. The molecule has 1 aromatic carbocycles. The van der Waals surface area contributed by atoms with Crippen molar-refractivity contribution in [1.82, 2.24) is 10.2 Å². The molecule has 0 radical (unpaired) electrons. The molecular formula is C21H28N2OS. The van der Waals surface area contributed by atoms with Crippen LogP contribution in [-0.2, 0) is 17.6 Å². The number of benzene rings is 1. The number of nitrogens with one attached hydrogen (secondary N) is 1. The summed E-state index contributed by atoms with van der Waals surface area (Å²) >= 11 is 1.75. The second kappa shape index (κ2) is 9.16. The van der Waals surface area contributed by atoms with E-state index in [0.29, 0.717) is 0 Å². The van der Waals surface area contributed by atoms with Gasteiger partial charge in [0.1, 0.15) is 0 Å². The monoisotopic (exact) mass is 356 g/mol. The van der Waals surface area contributed by atoms with Gasteiger partial charge in [-0.3, -0.25) is 9.69 Å². The molecule has 0 spiro atoms. The summed E-state index contributed by atoms with van der Waals surface area (Å²) in [6.07, 6.45) is 4.45. The molecule has 0 saturated carbocycles. The summed E-state index contributed by atoms with van der Waals surface area (Å²) in [5.74, 6) is 0.908. The Morgan fingerprint density at radius 3 is 2.64 bits per heavy atom. The highest BCUT2D eigenvalue weighted by Crippen LogP contribution is 2.23. The molecule has 3 nitrogen and oxygen atoms in total. The summed E-state index contributed by atoms with van der Waals surface area (Å²) in [6, 6.07) is 14.9. The Balaban J connectivity index is 1.38. The number of carbonyl (C=O) groups is 1. The molecule has 0 aliphatic carbocycles. The van der Waals surface area contributed by atoms with Crippen molar-refractivity contribution < 1.29 is 4.79 Å². The van der Waals surface area contributed by atoms with E-state index < -0.39 is 0 Å². The molecule has 3 rings (SSSR count). The zero-order valence-electron chi connectivity index (χ0n) is 15.0. The lowest BCUT2D eigenvalue weighted by molar-refractivity contribution is -0.126. The maximum atomic E-state index is 12.4. The van der Waals surface area contributed by atoms with Crippen molar-refractivity contribution in [3.05, 3.63) is 58.3 Å². The normalized spacial score (nSPS) is 17.3. The van der Waals surface area contributed by atoms with Crippen LogP contribution in [0.3, 0.4) is 0 Å². The van der Waals surface area contributed by atoms with Gasteiger partial charge >= 0.3 is 0 Å². The maximum absolute atomic E-state index is 12.4. The fourth-order valence-electron chi connectivity index (χ4n) is 3.57. The highest BCUT2D eigenvalue weighted by molar-refractivity contribution is 7.09. The van der Waals surface area contributed by atoms with Gasteiger partial charge in [0.05, 0.1) is 6.04 Å². The summed E-state index contributed by atoms with van der Waals surface area (Å²) in [5, 5.41) is 5.18. The quantitative estimate of drug-likeness (QED) is 0.819. The summed E-state index contributed by atoms with van der Waals surface area (Å²) in [4.78, 5) is 16.1. The van der Waals surface area contributed by atoms with Gasteiger partial charge in [-0.2, -0.15) is 0 Å². The Labute approximate surface area is 155 Å². The number of hydrogen-bond donors (Lipinski definition) is 1. The number of carbonyl (C=O) groups excluding carboxylic acids is 1. The van der Waals surface area contributed by atoms with Crippen LogP contribution in [0.4, 0.5) is 0 Å². The fourth-order valence-corrected chi connectivity index (χ4v) is 4.28. The largest absolute Gasteiger partial charge is 0.354 e. The van der Waals surface area contributed by atoms with Crippen LogP contribution < -0.4 is 5.32 Å². The average molecular weight is 357 g/mol. The molecule has 0 bridgehead atoms. The highest BCUT2D eigenvalue weighted by Gasteiger charge is 2.26. The average Bonchev–Trinajstić information content (AvgIpc) is 3.16. The third kappa shape index (κ3) is 5.41. The number of likely N-dealkylation sites (tertiary alicyclic amines) is 1. The van der Waals surface area contributed by atoms with Gasteiger partial charge in [0.15, 0.2) is 0 Å². The van der Waals surface area contributed by atoms with E-state index in [9.17, 15) is 4.79 Å². The standard InChI is InChI=1S/C21H28N2OS/c1-17(21(24)22-12-9-20-8-5-15-25-20)23-13-10-19(11-14-23)16-18-6-3-2-4-7-18/h2-8,15,17,19H,9-14,16H2,1H3,(H,22,24). The van der Waals surface area contributed by atoms with Crippen molar-refractivity contribution in [2.75, 3.05) is 19.6 Å². The summed E-state index contributed by atoms with van der Waals surface area (Å²) < 4.78 is 0. The van der Waals surface area contributed by atoms with E-state index in [1.54, 1.807) is 11.3 Å². The second-order valence-electron chi connectivity index (χ2n) is 6.97. The molecule has 1 aliphatic heterocycles. The summed E-state index contributed by atoms with van der Waals surface area (Å²) in [6.45, 7) is 4.82. The van der Waals surface area contributed by atoms with Crippen LogP contribution >= 0.6 is 11.3 Å². The van der Waals surface area contributed by atoms with Gasteiger partial charge in [-0.1, -0.05) is 36.4 Å². The molecule has 2 aromatic rings. The van der Waals surface area contributed by atoms with Crippen LogP contribution in [0.25, 0.3) is 0 Å². The number of nitrogens with zero attached hydrogens (tertiary/aromatic N) is 1. The lowest BCUT2D eigenvalue weighted by atomic mass is 9.89. The summed E-state index contributed by atoms with van der Waals surface area (Å²) in [5.41, 5.74) is 1.43. The van der Waals surface area contributed by atoms with Crippen molar-refractivity contribution in [3.63, 3.8) is 0 Å². The third-order valence-corrected chi connectivity index (χ3v) is 6.13. The van der Waals surface area contributed by atoms with Gasteiger partial charge in [-0.05, 0) is 68.6 Å². The van der Waals surface area contributed by atoms with Crippen molar-refractivity contribution in [1.29, 1.82) is 0 Å². The molecule has 1 atom stereocenters. The summed E-state index contributed by atoms with van der Waals surface area (Å²) in [7, 11) is 0. The Morgan fingerprint density at radius 1 is 1.20 bits per heavy atom. The van der Waals surface area contributed by atoms with Gasteiger partial charge in [-0.15, -0.1) is 11.3 Å². The SMILES string of the molecule is CC(C(=O)NCCc1cccs1)N1CCC(Cc2ccccc2)CC1. The molecule has 2 heterocycles. The number of thiophene rings is 1. The smallest absolute Gasteiger partial charge is 0.237 e. The molecule has 1 unspecified atom stereocenters. The zero-order chi connectivity index (χ0) is 17.5. The fraction of sp³-hybridized carbons (Fsp3) is 0.476. The lowest BCUT2D eigenvalue weighted by Crippen LogP contribution is -2.48. The minimum absolute atomic E-state index is 0.0268. The third-order valence-electron chi connectivity index (χ3n) is 5.19. The van der Waals surface area contributed by atoms with E-state index in [2.05, 4.69) is 58.1 Å². The first-order chi connectivity index (χ1) is 12.2. The first kappa shape index (κ1) is 18.2. The Morgan fingerprint density at radius 2 is 1.96 bits per heavy atom. The van der Waals surface area contributed by atoms with Crippen LogP contribution in [0.5, 0.6) is 0 Å². The molecule has 1 aliphatic rings. The maximum Gasteiger partial charge on any atom is 0.237 e. The van der Waals surface area contributed by atoms with Gasteiger partial charge in [0.2, 0.25) is 5.91 Å². The van der Waals surface area contributed by atoms with Gasteiger partial charge in [0, 0.05) is 11.4 Å². The van der Waals surface area contributed by atoms with Crippen molar-refractivity contribution in [2.45, 2.75) is 38.6 Å². The lowest BCUT2D eigenvalue weighted by Gasteiger charge is -2.35. The molecule has 4 heteroatoms. The Kier molecular flexibility index (Phi) is 6.65. The van der Waals surface area contributed by atoms with Gasteiger partial charge in [-0.25, -0.2) is 0 Å². The molecule has 1 saturated heterocycles. The number of amides is 1. The van der Waals surface area contributed by atoms with Crippen LogP contribution in [0.1, 0.15) is 30.2 Å². The molecule has 1 fully saturated rings. The van der Waals surface area contributed by atoms with Crippen molar-refractivity contribution >= 4 is 17.2 Å². The Bertz CT molecular complexity index is 633. The molecule has 134 valence electrons. The van der Waals surface area contributed by atoms with E-state index >= 15 is 0 Å². The number of rotatable bonds is 7. The van der Waals surface area contributed by atoms with E-state index in [0.717, 1.165) is 38.4 Å². The van der Waals surface area contributed by atoms with Gasteiger partial charge < -0.3 is 5.32 Å². The predicted molar refractivity (Wildman–Crippen MR) is 105 cm³/mol. The first-order valence-corrected chi connectivity index (χ1v) is 10.2. The number of piperidine rings is 1. The van der Waals surface area contributed by atoms with Crippen molar-refractivity contribution in [3.8, 4) is 0 Å². The topological polar surface area (TPSA) is 32.3 Å². The molecule has 1 amide bonds. The minimum atomic E-state index is -0.0268. The number of hydrogen-bond acceptors (Lipinski definition) is 3. The van der Waals surface area contributed by atoms with Crippen molar-refractivity contribution in [2.24, 2.45) is 5.92 Å². The first-order valence-electron chi connectivity index (χ1n) is 9.30. The molecule has 1 N–H and O–H groups in total. The van der Waals surface area contributed by atoms with Crippen LogP contribution in [-0.4, -0.2) is 36.5 Å². The van der Waals surface area contributed by atoms with E-state index in [1.165, 1.54) is 23.3 Å². The van der Waals surface area contributed by atoms with E-state index in [-0.39, 0.29) is 11.9 Å². The van der Waals surface area contributed by atoms with E-state index in [4.69, 9.17) is 0 Å². The van der Waals surface area contributed by atoms with Crippen LogP contribution in [0.2, 0.25) is 0 Å². The Hall–Kier alpha value is -1.65.